The number of nitrogens with zero attached hydrogens (tertiary/aromatic N) is 3. The third-order valence-corrected chi connectivity index (χ3v) is 2.90. The molecule has 0 unspecified atom stereocenters. The predicted molar refractivity (Wildman–Crippen MR) is 64.5 cm³/mol. The quantitative estimate of drug-likeness (QED) is 0.630. The minimum Gasteiger partial charge on any atom is -0.481 e. The molecule has 86 valence electrons. The summed E-state index contributed by atoms with van der Waals surface area (Å²) in [5.41, 5.74) is 2.07. The van der Waals surface area contributed by atoms with Crippen LogP contribution in [0.4, 0.5) is 0 Å². The van der Waals surface area contributed by atoms with E-state index in [9.17, 15) is 4.79 Å². The van der Waals surface area contributed by atoms with E-state index in [4.69, 9.17) is 4.74 Å². The van der Waals surface area contributed by atoms with Crippen molar-refractivity contribution in [1.82, 2.24) is 14.0 Å². The van der Waals surface area contributed by atoms with Crippen molar-refractivity contribution in [2.75, 3.05) is 7.11 Å². The Morgan fingerprint density at radius 2 is 2.06 bits per heavy atom. The van der Waals surface area contributed by atoms with Gasteiger partial charge < -0.3 is 9.30 Å². The van der Waals surface area contributed by atoms with Crippen LogP contribution < -0.4 is 10.3 Å². The van der Waals surface area contributed by atoms with Crippen molar-refractivity contribution < 1.29 is 4.74 Å². The number of ether oxygens (including phenoxy) is 1. The molecule has 3 heterocycles. The van der Waals surface area contributed by atoms with Crippen LogP contribution in [0.3, 0.4) is 0 Å². The van der Waals surface area contributed by atoms with Gasteiger partial charge in [0.25, 0.3) is 5.56 Å². The first-order valence-corrected chi connectivity index (χ1v) is 5.23. The fourth-order valence-corrected chi connectivity index (χ4v) is 2.00. The van der Waals surface area contributed by atoms with E-state index in [1.54, 1.807) is 35.3 Å². The van der Waals surface area contributed by atoms with Crippen LogP contribution in [0.2, 0.25) is 0 Å². The van der Waals surface area contributed by atoms with E-state index >= 15 is 0 Å². The third-order valence-electron chi connectivity index (χ3n) is 2.90. The molecule has 0 saturated carbocycles. The van der Waals surface area contributed by atoms with Crippen LogP contribution in [-0.4, -0.2) is 21.1 Å². The van der Waals surface area contributed by atoms with Gasteiger partial charge in [-0.15, -0.1) is 0 Å². The van der Waals surface area contributed by atoms with Crippen LogP contribution in [0.1, 0.15) is 0 Å². The normalized spacial score (nSPS) is 11.2. The fraction of sp³-hybridized carbons (Fsp3) is 0.167. The Labute approximate surface area is 96.9 Å². The van der Waals surface area contributed by atoms with Gasteiger partial charge in [-0.1, -0.05) is 0 Å². The highest BCUT2D eigenvalue weighted by molar-refractivity contribution is 5.75. The second-order valence-electron chi connectivity index (χ2n) is 3.82. The van der Waals surface area contributed by atoms with Gasteiger partial charge in [-0.05, 0) is 18.2 Å². The molecule has 0 fully saturated rings. The molecular weight excluding hydrogens is 218 g/mol. The molecule has 0 atom stereocenters. The average molecular weight is 229 g/mol. The van der Waals surface area contributed by atoms with Crippen molar-refractivity contribution in [2.24, 2.45) is 7.05 Å². The molecule has 17 heavy (non-hydrogen) atoms. The highest BCUT2D eigenvalue weighted by atomic mass is 16.5. The summed E-state index contributed by atoms with van der Waals surface area (Å²) in [4.78, 5) is 16.4. The molecular formula is C12H11N3O2. The molecule has 0 spiro atoms. The van der Waals surface area contributed by atoms with Crippen molar-refractivity contribution in [1.29, 1.82) is 0 Å². The number of aromatic nitrogens is 3. The van der Waals surface area contributed by atoms with Crippen LogP contribution in [0.25, 0.3) is 16.7 Å². The summed E-state index contributed by atoms with van der Waals surface area (Å²) in [6.07, 6.45) is 1.82. The summed E-state index contributed by atoms with van der Waals surface area (Å²) < 4.78 is 8.48. The van der Waals surface area contributed by atoms with E-state index in [1.807, 2.05) is 18.3 Å². The van der Waals surface area contributed by atoms with E-state index in [-0.39, 0.29) is 5.56 Å². The molecule has 3 aromatic heterocycles. The number of pyridine rings is 1. The number of hydrogen-bond acceptors (Lipinski definition) is 3. The Morgan fingerprint density at radius 1 is 1.24 bits per heavy atom. The topological polar surface area (TPSA) is 48.5 Å². The first kappa shape index (κ1) is 9.89. The highest BCUT2D eigenvalue weighted by Gasteiger charge is 2.09. The van der Waals surface area contributed by atoms with Gasteiger partial charge in [0.15, 0.2) is 5.65 Å². The lowest BCUT2D eigenvalue weighted by molar-refractivity contribution is 0.399. The number of methoxy groups -OCH3 is 1. The maximum absolute atomic E-state index is 12.0. The van der Waals surface area contributed by atoms with E-state index in [0.29, 0.717) is 17.0 Å². The van der Waals surface area contributed by atoms with Gasteiger partial charge in [-0.25, -0.2) is 0 Å². The second kappa shape index (κ2) is 3.35. The van der Waals surface area contributed by atoms with E-state index in [0.717, 1.165) is 5.52 Å². The van der Waals surface area contributed by atoms with Crippen molar-refractivity contribution in [3.05, 3.63) is 40.8 Å². The Balaban J connectivity index is 2.61. The molecule has 3 aromatic rings. The van der Waals surface area contributed by atoms with Gasteiger partial charge in [0.1, 0.15) is 5.52 Å². The van der Waals surface area contributed by atoms with Crippen molar-refractivity contribution in [3.63, 3.8) is 0 Å². The van der Waals surface area contributed by atoms with Crippen LogP contribution in [0.15, 0.2) is 35.3 Å². The molecule has 5 heteroatoms. The largest absolute Gasteiger partial charge is 0.481 e. The zero-order valence-corrected chi connectivity index (χ0v) is 9.54. The highest BCUT2D eigenvalue weighted by Crippen LogP contribution is 2.16. The first-order chi connectivity index (χ1) is 8.22. The minimum atomic E-state index is -0.0329. The van der Waals surface area contributed by atoms with Crippen molar-refractivity contribution in [2.45, 2.75) is 0 Å². The summed E-state index contributed by atoms with van der Waals surface area (Å²) in [5.74, 6) is 0.533. The summed E-state index contributed by atoms with van der Waals surface area (Å²) in [6.45, 7) is 0. The van der Waals surface area contributed by atoms with Gasteiger partial charge in [0.2, 0.25) is 5.88 Å². The lowest BCUT2D eigenvalue weighted by Crippen LogP contribution is -2.19. The summed E-state index contributed by atoms with van der Waals surface area (Å²) >= 11 is 0. The van der Waals surface area contributed by atoms with Crippen LogP contribution in [0.5, 0.6) is 5.88 Å². The molecule has 0 aromatic carbocycles. The Kier molecular flexibility index (Phi) is 1.95. The van der Waals surface area contributed by atoms with Gasteiger partial charge in [-0.3, -0.25) is 9.20 Å². The summed E-state index contributed by atoms with van der Waals surface area (Å²) in [6, 6.07) is 7.19. The molecule has 0 bridgehead atoms. The number of rotatable bonds is 1. The zero-order valence-electron chi connectivity index (χ0n) is 9.54. The molecule has 0 radical (unpaired) electrons. The number of hydrogen-bond donors (Lipinski definition) is 0. The molecule has 0 aliphatic carbocycles. The summed E-state index contributed by atoms with van der Waals surface area (Å²) in [7, 11) is 3.31. The number of fused-ring (bicyclic) bond motifs is 3. The Bertz CT molecular complexity index is 770. The molecule has 0 saturated heterocycles. The maximum Gasteiger partial charge on any atom is 0.275 e. The molecule has 0 amide bonds. The minimum absolute atomic E-state index is 0.0329. The van der Waals surface area contributed by atoms with Crippen molar-refractivity contribution >= 4 is 16.7 Å². The van der Waals surface area contributed by atoms with E-state index in [1.165, 1.54) is 0 Å². The van der Waals surface area contributed by atoms with Gasteiger partial charge in [-0.2, -0.15) is 4.98 Å². The van der Waals surface area contributed by atoms with Crippen LogP contribution in [-0.2, 0) is 7.05 Å². The third kappa shape index (κ3) is 1.25. The molecule has 0 aliphatic rings. The predicted octanol–water partition coefficient (Wildman–Crippen LogP) is 1.19. The lowest BCUT2D eigenvalue weighted by atomic mass is 10.4. The summed E-state index contributed by atoms with van der Waals surface area (Å²) in [5, 5.41) is 0. The molecule has 0 N–H and O–H groups in total. The standard InChI is InChI=1S/C12H11N3O2/c1-14-8-5-6-10(17-2)13-11(8)15-7-3-4-9(15)12(14)16/h3-7H,1-2H3. The van der Waals surface area contributed by atoms with Gasteiger partial charge in [0.05, 0.1) is 12.6 Å². The Morgan fingerprint density at radius 3 is 2.82 bits per heavy atom. The monoisotopic (exact) mass is 229 g/mol. The molecule has 0 aliphatic heterocycles. The van der Waals surface area contributed by atoms with Crippen molar-refractivity contribution in [3.8, 4) is 5.88 Å². The SMILES string of the molecule is COc1ccc2c(n1)n1cccc1c(=O)n2C. The zero-order chi connectivity index (χ0) is 12.0. The second-order valence-corrected chi connectivity index (χ2v) is 3.82. The smallest absolute Gasteiger partial charge is 0.275 e. The average Bonchev–Trinajstić information content (AvgIpc) is 2.84. The first-order valence-electron chi connectivity index (χ1n) is 5.23. The maximum atomic E-state index is 12.0. The van der Waals surface area contributed by atoms with Crippen LogP contribution >= 0.6 is 0 Å². The van der Waals surface area contributed by atoms with Gasteiger partial charge >= 0.3 is 0 Å². The lowest BCUT2D eigenvalue weighted by Gasteiger charge is -2.08. The molecule has 3 rings (SSSR count). The van der Waals surface area contributed by atoms with E-state index in [2.05, 4.69) is 4.98 Å². The fourth-order valence-electron chi connectivity index (χ4n) is 2.00. The number of aryl methyl sites for hydroxylation is 1. The van der Waals surface area contributed by atoms with Gasteiger partial charge in [0, 0.05) is 19.3 Å². The van der Waals surface area contributed by atoms with Crippen LogP contribution in [0, 0.1) is 0 Å². The molecule has 5 nitrogen and oxygen atoms in total. The van der Waals surface area contributed by atoms with E-state index < -0.39 is 0 Å². The Hall–Kier alpha value is -2.30.